The van der Waals surface area contributed by atoms with Crippen molar-refractivity contribution in [2.75, 3.05) is 13.3 Å². The molecule has 11 heavy (non-hydrogen) atoms. The van der Waals surface area contributed by atoms with E-state index in [9.17, 15) is 4.79 Å². The maximum absolute atomic E-state index is 11.1. The van der Waals surface area contributed by atoms with Gasteiger partial charge in [0, 0.05) is 0 Å². The van der Waals surface area contributed by atoms with Crippen LogP contribution in [0.2, 0.25) is 0 Å². The van der Waals surface area contributed by atoms with Gasteiger partial charge in [-0.3, -0.25) is 10.1 Å². The number of rotatable bonds is 2. The zero-order valence-electron chi connectivity index (χ0n) is 6.79. The maximum atomic E-state index is 11.1. The third kappa shape index (κ3) is 1.91. The van der Waals surface area contributed by atoms with Gasteiger partial charge in [-0.2, -0.15) is 0 Å². The van der Waals surface area contributed by atoms with Crippen LogP contribution in [-0.2, 0) is 14.3 Å². The minimum Gasteiger partial charge on any atom is -0.465 e. The van der Waals surface area contributed by atoms with Gasteiger partial charge in [-0.15, -0.1) is 0 Å². The van der Waals surface area contributed by atoms with E-state index in [0.29, 0.717) is 13.3 Å². The normalized spacial score (nSPS) is 30.4. The molecule has 64 valence electrons. The van der Waals surface area contributed by atoms with Crippen molar-refractivity contribution < 1.29 is 14.3 Å². The van der Waals surface area contributed by atoms with Crippen LogP contribution < -0.4 is 5.32 Å². The molecule has 0 aliphatic carbocycles. The molecule has 0 amide bonds. The van der Waals surface area contributed by atoms with E-state index in [1.165, 1.54) is 0 Å². The second-order valence-electron chi connectivity index (χ2n) is 2.45. The first-order valence-corrected chi connectivity index (χ1v) is 3.77. The SMILES string of the molecule is CCOC(=O)C1NCOC1C. The lowest BCUT2D eigenvalue weighted by molar-refractivity contribution is -0.146. The highest BCUT2D eigenvalue weighted by Gasteiger charge is 2.31. The fraction of sp³-hybridized carbons (Fsp3) is 0.857. The molecule has 0 aromatic carbocycles. The molecule has 2 atom stereocenters. The summed E-state index contributed by atoms with van der Waals surface area (Å²) < 4.78 is 9.94. The van der Waals surface area contributed by atoms with E-state index in [-0.39, 0.29) is 18.1 Å². The Morgan fingerprint density at radius 1 is 1.82 bits per heavy atom. The van der Waals surface area contributed by atoms with E-state index < -0.39 is 0 Å². The molecule has 1 saturated heterocycles. The van der Waals surface area contributed by atoms with Gasteiger partial charge in [0.25, 0.3) is 0 Å². The van der Waals surface area contributed by atoms with Crippen LogP contribution in [0.3, 0.4) is 0 Å². The highest BCUT2D eigenvalue weighted by Crippen LogP contribution is 2.06. The van der Waals surface area contributed by atoms with Crippen molar-refractivity contribution in [1.82, 2.24) is 5.32 Å². The minimum atomic E-state index is -0.282. The van der Waals surface area contributed by atoms with Crippen molar-refractivity contribution in [3.63, 3.8) is 0 Å². The Morgan fingerprint density at radius 2 is 2.55 bits per heavy atom. The van der Waals surface area contributed by atoms with Gasteiger partial charge in [-0.05, 0) is 13.8 Å². The molecule has 1 aliphatic rings. The van der Waals surface area contributed by atoms with Gasteiger partial charge in [-0.25, -0.2) is 0 Å². The first kappa shape index (κ1) is 8.49. The molecule has 1 aliphatic heterocycles. The van der Waals surface area contributed by atoms with Crippen LogP contribution >= 0.6 is 0 Å². The first-order valence-electron chi connectivity index (χ1n) is 3.77. The molecule has 1 rings (SSSR count). The molecule has 2 unspecified atom stereocenters. The highest BCUT2D eigenvalue weighted by atomic mass is 16.5. The smallest absolute Gasteiger partial charge is 0.325 e. The number of hydrogen-bond donors (Lipinski definition) is 1. The molecule has 1 N–H and O–H groups in total. The third-order valence-electron chi connectivity index (χ3n) is 1.66. The van der Waals surface area contributed by atoms with E-state index in [0.717, 1.165) is 0 Å². The Labute approximate surface area is 65.9 Å². The lowest BCUT2D eigenvalue weighted by Gasteiger charge is -2.11. The van der Waals surface area contributed by atoms with Crippen LogP contribution in [0.1, 0.15) is 13.8 Å². The molecule has 4 heteroatoms. The summed E-state index contributed by atoms with van der Waals surface area (Å²) in [5.74, 6) is -0.225. The zero-order valence-corrected chi connectivity index (χ0v) is 6.79. The van der Waals surface area contributed by atoms with Gasteiger partial charge in [0.1, 0.15) is 6.04 Å². The summed E-state index contributed by atoms with van der Waals surface area (Å²) in [5, 5.41) is 2.89. The summed E-state index contributed by atoms with van der Waals surface area (Å²) in [6.45, 7) is 4.49. The predicted octanol–water partition coefficient (Wildman–Crippen LogP) is -0.116. The fourth-order valence-corrected chi connectivity index (χ4v) is 1.04. The lowest BCUT2D eigenvalue weighted by Crippen LogP contribution is -2.38. The Kier molecular flexibility index (Phi) is 2.84. The summed E-state index contributed by atoms with van der Waals surface area (Å²) in [7, 11) is 0. The first-order chi connectivity index (χ1) is 5.25. The van der Waals surface area contributed by atoms with E-state index in [1.807, 2.05) is 6.92 Å². The fourth-order valence-electron chi connectivity index (χ4n) is 1.04. The quantitative estimate of drug-likeness (QED) is 0.571. The molecule has 0 spiro atoms. The average molecular weight is 159 g/mol. The molecular weight excluding hydrogens is 146 g/mol. The number of carbonyl (C=O) groups is 1. The van der Waals surface area contributed by atoms with E-state index in [1.54, 1.807) is 6.92 Å². The Bertz CT molecular complexity index is 149. The molecule has 4 nitrogen and oxygen atoms in total. The highest BCUT2D eigenvalue weighted by molar-refractivity contribution is 5.76. The van der Waals surface area contributed by atoms with Crippen molar-refractivity contribution in [1.29, 1.82) is 0 Å². The van der Waals surface area contributed by atoms with E-state index in [4.69, 9.17) is 9.47 Å². The maximum Gasteiger partial charge on any atom is 0.325 e. The predicted molar refractivity (Wildman–Crippen MR) is 39.0 cm³/mol. The standard InChI is InChI=1S/C7H13NO3/c1-3-10-7(9)6-5(2)11-4-8-6/h5-6,8H,3-4H2,1-2H3. The Balaban J connectivity index is 2.39. The summed E-state index contributed by atoms with van der Waals surface area (Å²) in [6.07, 6.45) is -0.0750. The second kappa shape index (κ2) is 3.69. The summed E-state index contributed by atoms with van der Waals surface area (Å²) in [4.78, 5) is 11.1. The monoisotopic (exact) mass is 159 g/mol. The zero-order chi connectivity index (χ0) is 8.27. The van der Waals surface area contributed by atoms with Crippen LogP contribution in [-0.4, -0.2) is 31.5 Å². The minimum absolute atomic E-state index is 0.0750. The Hall–Kier alpha value is -0.610. The van der Waals surface area contributed by atoms with Crippen molar-refractivity contribution >= 4 is 5.97 Å². The molecule has 1 heterocycles. The van der Waals surface area contributed by atoms with E-state index in [2.05, 4.69) is 5.32 Å². The van der Waals surface area contributed by atoms with Gasteiger partial charge >= 0.3 is 5.97 Å². The summed E-state index contributed by atoms with van der Waals surface area (Å²) in [6, 6.07) is -0.282. The molecule has 0 aromatic rings. The van der Waals surface area contributed by atoms with Crippen molar-refractivity contribution in [3.8, 4) is 0 Å². The van der Waals surface area contributed by atoms with Gasteiger partial charge in [-0.1, -0.05) is 0 Å². The number of carbonyl (C=O) groups excluding carboxylic acids is 1. The second-order valence-corrected chi connectivity index (χ2v) is 2.45. The number of nitrogens with one attached hydrogen (secondary N) is 1. The van der Waals surface area contributed by atoms with Crippen molar-refractivity contribution in [2.24, 2.45) is 0 Å². The summed E-state index contributed by atoms with van der Waals surface area (Å²) in [5.41, 5.74) is 0. The number of esters is 1. The van der Waals surface area contributed by atoms with Crippen LogP contribution in [0.15, 0.2) is 0 Å². The van der Waals surface area contributed by atoms with Crippen molar-refractivity contribution in [2.45, 2.75) is 26.0 Å². The van der Waals surface area contributed by atoms with E-state index >= 15 is 0 Å². The molecule has 0 aromatic heterocycles. The average Bonchev–Trinajstić information content (AvgIpc) is 2.36. The lowest BCUT2D eigenvalue weighted by atomic mass is 10.2. The topological polar surface area (TPSA) is 47.6 Å². The summed E-state index contributed by atoms with van der Waals surface area (Å²) >= 11 is 0. The molecule has 1 fully saturated rings. The third-order valence-corrected chi connectivity index (χ3v) is 1.66. The van der Waals surface area contributed by atoms with Crippen LogP contribution in [0.4, 0.5) is 0 Å². The van der Waals surface area contributed by atoms with Crippen LogP contribution in [0, 0.1) is 0 Å². The van der Waals surface area contributed by atoms with Crippen LogP contribution in [0.25, 0.3) is 0 Å². The molecule has 0 radical (unpaired) electrons. The van der Waals surface area contributed by atoms with Gasteiger partial charge in [0.05, 0.1) is 19.4 Å². The Morgan fingerprint density at radius 3 is 3.00 bits per heavy atom. The number of hydrogen-bond acceptors (Lipinski definition) is 4. The van der Waals surface area contributed by atoms with Crippen molar-refractivity contribution in [3.05, 3.63) is 0 Å². The van der Waals surface area contributed by atoms with Gasteiger partial charge in [0.2, 0.25) is 0 Å². The van der Waals surface area contributed by atoms with Crippen LogP contribution in [0.5, 0.6) is 0 Å². The molecule has 0 saturated carbocycles. The molecular formula is C7H13NO3. The van der Waals surface area contributed by atoms with Gasteiger partial charge < -0.3 is 9.47 Å². The van der Waals surface area contributed by atoms with Gasteiger partial charge in [0.15, 0.2) is 0 Å². The largest absolute Gasteiger partial charge is 0.465 e. The number of ether oxygens (including phenoxy) is 2. The molecule has 0 bridgehead atoms.